The first-order valence-electron chi connectivity index (χ1n) is 6.74. The molecule has 21 heavy (non-hydrogen) atoms. The molecule has 2 rings (SSSR count). The van der Waals surface area contributed by atoms with Crippen LogP contribution in [-0.2, 0) is 0 Å². The molecule has 0 radical (unpaired) electrons. The first-order valence-corrected chi connectivity index (χ1v) is 7.56. The van der Waals surface area contributed by atoms with Crippen LogP contribution in [0.25, 0.3) is 10.6 Å². The van der Waals surface area contributed by atoms with Gasteiger partial charge in [0.25, 0.3) is 5.91 Å². The molecule has 0 bridgehead atoms. The molecule has 0 fully saturated rings. The Kier molecular flexibility index (Phi) is 5.30. The van der Waals surface area contributed by atoms with Crippen LogP contribution in [0.2, 0.25) is 0 Å². The van der Waals surface area contributed by atoms with E-state index in [1.54, 1.807) is 13.3 Å². The zero-order valence-electron chi connectivity index (χ0n) is 12.1. The summed E-state index contributed by atoms with van der Waals surface area (Å²) in [4.78, 5) is 16.9. The van der Waals surface area contributed by atoms with Gasteiger partial charge in [0.15, 0.2) is 0 Å². The summed E-state index contributed by atoms with van der Waals surface area (Å²) < 4.78 is 5.12. The van der Waals surface area contributed by atoms with Crippen LogP contribution in [0.4, 0.5) is 0 Å². The van der Waals surface area contributed by atoms with Gasteiger partial charge in [-0.2, -0.15) is 0 Å². The number of rotatable bonds is 6. The fourth-order valence-electron chi connectivity index (χ4n) is 1.75. The molecular formula is C15H19N3O2S. The zero-order chi connectivity index (χ0) is 15.2. The van der Waals surface area contributed by atoms with E-state index in [2.05, 4.69) is 10.3 Å². The average molecular weight is 305 g/mol. The lowest BCUT2D eigenvalue weighted by Crippen LogP contribution is -2.28. The maximum Gasteiger partial charge on any atom is 0.263 e. The van der Waals surface area contributed by atoms with Gasteiger partial charge >= 0.3 is 0 Å². The van der Waals surface area contributed by atoms with E-state index >= 15 is 0 Å². The smallest absolute Gasteiger partial charge is 0.263 e. The van der Waals surface area contributed by atoms with Crippen molar-refractivity contribution in [2.75, 3.05) is 13.7 Å². The van der Waals surface area contributed by atoms with Crippen LogP contribution in [0.5, 0.6) is 5.75 Å². The monoisotopic (exact) mass is 305 g/mol. The molecule has 0 aliphatic heterocycles. The Morgan fingerprint density at radius 3 is 2.76 bits per heavy atom. The van der Waals surface area contributed by atoms with Crippen LogP contribution in [0, 0.1) is 0 Å². The number of thiazole rings is 1. The van der Waals surface area contributed by atoms with E-state index in [4.69, 9.17) is 10.5 Å². The van der Waals surface area contributed by atoms with Gasteiger partial charge in [-0.05, 0) is 37.6 Å². The molecule has 0 spiro atoms. The third kappa shape index (κ3) is 4.27. The predicted octanol–water partition coefficient (Wildman–Crippen LogP) is 2.29. The molecule has 5 nitrogen and oxygen atoms in total. The summed E-state index contributed by atoms with van der Waals surface area (Å²) in [6.45, 7) is 2.49. The molecule has 1 heterocycles. The minimum Gasteiger partial charge on any atom is -0.497 e. The van der Waals surface area contributed by atoms with Crippen molar-refractivity contribution in [1.29, 1.82) is 0 Å². The molecule has 6 heteroatoms. The Labute approximate surface area is 128 Å². The number of nitrogens with two attached hydrogens (primary N) is 1. The van der Waals surface area contributed by atoms with Crippen LogP contribution in [0.15, 0.2) is 30.5 Å². The summed E-state index contributed by atoms with van der Waals surface area (Å²) in [6, 6.07) is 7.69. The topological polar surface area (TPSA) is 77.2 Å². The molecule has 1 aromatic heterocycles. The second-order valence-corrected chi connectivity index (χ2v) is 5.81. The van der Waals surface area contributed by atoms with E-state index in [-0.39, 0.29) is 11.9 Å². The standard InChI is InChI=1S/C15H19N3O2S/c1-10(16)7-8-17-14(19)13-9-18-15(21-13)11-3-5-12(20-2)6-4-11/h3-6,9-10H,7-8,16H2,1-2H3,(H,17,19). The number of ether oxygens (including phenoxy) is 1. The molecular weight excluding hydrogens is 286 g/mol. The summed E-state index contributed by atoms with van der Waals surface area (Å²) in [7, 11) is 1.63. The largest absolute Gasteiger partial charge is 0.497 e. The third-order valence-corrected chi connectivity index (χ3v) is 4.00. The zero-order valence-corrected chi connectivity index (χ0v) is 12.9. The molecule has 2 aromatic rings. The number of amides is 1. The fraction of sp³-hybridized carbons (Fsp3) is 0.333. The number of hydrogen-bond donors (Lipinski definition) is 2. The third-order valence-electron chi connectivity index (χ3n) is 2.95. The van der Waals surface area contributed by atoms with Crippen molar-refractivity contribution in [1.82, 2.24) is 10.3 Å². The Balaban J connectivity index is 2.01. The van der Waals surface area contributed by atoms with Gasteiger partial charge in [0.2, 0.25) is 0 Å². The van der Waals surface area contributed by atoms with Gasteiger partial charge in [0, 0.05) is 18.2 Å². The normalized spacial score (nSPS) is 12.0. The molecule has 1 atom stereocenters. The predicted molar refractivity (Wildman–Crippen MR) is 84.7 cm³/mol. The second-order valence-electron chi connectivity index (χ2n) is 4.78. The average Bonchev–Trinajstić information content (AvgIpc) is 2.97. The SMILES string of the molecule is COc1ccc(-c2ncc(C(=O)NCCC(C)N)s2)cc1. The maximum absolute atomic E-state index is 12.0. The number of nitrogens with zero attached hydrogens (tertiary/aromatic N) is 1. The van der Waals surface area contributed by atoms with Crippen molar-refractivity contribution >= 4 is 17.2 Å². The lowest BCUT2D eigenvalue weighted by atomic mass is 10.2. The van der Waals surface area contributed by atoms with E-state index in [9.17, 15) is 4.79 Å². The van der Waals surface area contributed by atoms with Crippen molar-refractivity contribution in [3.8, 4) is 16.3 Å². The van der Waals surface area contributed by atoms with Gasteiger partial charge in [0.1, 0.15) is 15.6 Å². The number of carbonyl (C=O) groups excluding carboxylic acids is 1. The van der Waals surface area contributed by atoms with Crippen molar-refractivity contribution in [2.45, 2.75) is 19.4 Å². The Morgan fingerprint density at radius 1 is 1.43 bits per heavy atom. The van der Waals surface area contributed by atoms with Gasteiger partial charge in [-0.15, -0.1) is 11.3 Å². The summed E-state index contributed by atoms with van der Waals surface area (Å²) >= 11 is 1.37. The molecule has 3 N–H and O–H groups in total. The number of nitrogens with one attached hydrogen (secondary N) is 1. The molecule has 0 aliphatic rings. The van der Waals surface area contributed by atoms with Crippen LogP contribution >= 0.6 is 11.3 Å². The minimum absolute atomic E-state index is 0.0848. The molecule has 0 saturated carbocycles. The van der Waals surface area contributed by atoms with E-state index < -0.39 is 0 Å². The number of carbonyl (C=O) groups is 1. The number of hydrogen-bond acceptors (Lipinski definition) is 5. The van der Waals surface area contributed by atoms with Gasteiger partial charge in [-0.1, -0.05) is 0 Å². The summed E-state index contributed by atoms with van der Waals surface area (Å²) in [5.41, 5.74) is 6.62. The number of aromatic nitrogens is 1. The van der Waals surface area contributed by atoms with Crippen LogP contribution in [-0.4, -0.2) is 30.6 Å². The lowest BCUT2D eigenvalue weighted by Gasteiger charge is -2.05. The second kappa shape index (κ2) is 7.19. The number of methoxy groups -OCH3 is 1. The van der Waals surface area contributed by atoms with Crippen LogP contribution in [0.1, 0.15) is 23.0 Å². The Morgan fingerprint density at radius 2 is 2.14 bits per heavy atom. The summed E-state index contributed by atoms with van der Waals surface area (Å²) in [5, 5.41) is 3.66. The van der Waals surface area contributed by atoms with Crippen LogP contribution < -0.4 is 15.8 Å². The van der Waals surface area contributed by atoms with Crippen molar-refractivity contribution in [2.24, 2.45) is 5.73 Å². The highest BCUT2D eigenvalue weighted by molar-refractivity contribution is 7.16. The van der Waals surface area contributed by atoms with E-state index in [1.807, 2.05) is 31.2 Å². The van der Waals surface area contributed by atoms with Crippen LogP contribution in [0.3, 0.4) is 0 Å². The first kappa shape index (κ1) is 15.5. The van der Waals surface area contributed by atoms with Gasteiger partial charge < -0.3 is 15.8 Å². The van der Waals surface area contributed by atoms with Gasteiger partial charge in [-0.25, -0.2) is 4.98 Å². The number of benzene rings is 1. The van der Waals surface area contributed by atoms with E-state index in [1.165, 1.54) is 11.3 Å². The molecule has 0 aliphatic carbocycles. The quantitative estimate of drug-likeness (QED) is 0.858. The molecule has 1 unspecified atom stereocenters. The molecule has 1 aromatic carbocycles. The first-order chi connectivity index (χ1) is 10.1. The van der Waals surface area contributed by atoms with Crippen molar-refractivity contribution in [3.63, 3.8) is 0 Å². The van der Waals surface area contributed by atoms with Crippen molar-refractivity contribution in [3.05, 3.63) is 35.3 Å². The Hall–Kier alpha value is -1.92. The minimum atomic E-state index is -0.104. The molecule has 1 amide bonds. The van der Waals surface area contributed by atoms with Crippen molar-refractivity contribution < 1.29 is 9.53 Å². The fourth-order valence-corrected chi connectivity index (χ4v) is 2.58. The highest BCUT2D eigenvalue weighted by atomic mass is 32.1. The maximum atomic E-state index is 12.0. The van der Waals surface area contributed by atoms with E-state index in [0.29, 0.717) is 11.4 Å². The highest BCUT2D eigenvalue weighted by Crippen LogP contribution is 2.26. The molecule has 112 valence electrons. The summed E-state index contributed by atoms with van der Waals surface area (Å²) in [6.07, 6.45) is 2.36. The van der Waals surface area contributed by atoms with Gasteiger partial charge in [0.05, 0.1) is 13.3 Å². The van der Waals surface area contributed by atoms with Gasteiger partial charge in [-0.3, -0.25) is 4.79 Å². The highest BCUT2D eigenvalue weighted by Gasteiger charge is 2.11. The van der Waals surface area contributed by atoms with E-state index in [0.717, 1.165) is 22.7 Å². The Bertz CT molecular complexity index is 593. The molecule has 0 saturated heterocycles. The summed E-state index contributed by atoms with van der Waals surface area (Å²) in [5.74, 6) is 0.692. The lowest BCUT2D eigenvalue weighted by molar-refractivity contribution is 0.0956.